The summed E-state index contributed by atoms with van der Waals surface area (Å²) in [5, 5.41) is 12.6. The maximum Gasteiger partial charge on any atom is 0.322 e. The van der Waals surface area contributed by atoms with Gasteiger partial charge >= 0.3 is 11.7 Å². The second kappa shape index (κ2) is 5.45. The van der Waals surface area contributed by atoms with E-state index >= 15 is 0 Å². The van der Waals surface area contributed by atoms with Gasteiger partial charge < -0.3 is 4.74 Å². The molecule has 21 heavy (non-hydrogen) atoms. The molecular weight excluding hydrogens is 338 g/mol. The summed E-state index contributed by atoms with van der Waals surface area (Å²) in [6.45, 7) is 0. The number of rotatable bonds is 3. The van der Waals surface area contributed by atoms with E-state index in [9.17, 15) is 10.1 Å². The molecule has 0 bridgehead atoms. The number of hydrogen-bond acceptors (Lipinski definition) is 5. The zero-order valence-corrected chi connectivity index (χ0v) is 12.1. The smallest absolute Gasteiger partial charge is 0.322 e. The average Bonchev–Trinajstić information content (AvgIpc) is 2.51. The maximum absolute atomic E-state index is 10.5. The van der Waals surface area contributed by atoms with E-state index in [2.05, 4.69) is 25.9 Å². The largest absolute Gasteiger partial charge is 0.423 e. The first-order valence-electron chi connectivity index (χ1n) is 5.96. The Morgan fingerprint density at radius 2 is 1.81 bits per heavy atom. The second-order valence-electron chi connectivity index (χ2n) is 4.18. The summed E-state index contributed by atoms with van der Waals surface area (Å²) in [5.41, 5.74) is -0.181. The zero-order valence-electron chi connectivity index (χ0n) is 10.6. The molecule has 0 aliphatic carbocycles. The van der Waals surface area contributed by atoms with Crippen LogP contribution in [0.5, 0.6) is 11.8 Å². The SMILES string of the molecule is O=[N+]([O-])c1cnc(Oc2ccc3ccccc3c2Br)nc1. The van der Waals surface area contributed by atoms with Crippen LogP contribution in [0.15, 0.2) is 53.3 Å². The summed E-state index contributed by atoms with van der Waals surface area (Å²) in [5.74, 6) is 0.544. The highest BCUT2D eigenvalue weighted by molar-refractivity contribution is 9.10. The van der Waals surface area contributed by atoms with Gasteiger partial charge in [0.05, 0.1) is 9.40 Å². The molecule has 1 aromatic heterocycles. The maximum atomic E-state index is 10.5. The minimum atomic E-state index is -0.560. The Balaban J connectivity index is 1.94. The lowest BCUT2D eigenvalue weighted by Crippen LogP contribution is -1.95. The van der Waals surface area contributed by atoms with Crippen LogP contribution in [0.25, 0.3) is 10.8 Å². The minimum absolute atomic E-state index is 0.0524. The van der Waals surface area contributed by atoms with Gasteiger partial charge in [-0.05, 0) is 32.8 Å². The number of fused-ring (bicyclic) bond motifs is 1. The monoisotopic (exact) mass is 345 g/mol. The Morgan fingerprint density at radius 1 is 1.10 bits per heavy atom. The fraction of sp³-hybridized carbons (Fsp3) is 0. The van der Waals surface area contributed by atoms with Crippen molar-refractivity contribution in [3.63, 3.8) is 0 Å². The summed E-state index contributed by atoms with van der Waals surface area (Å²) in [7, 11) is 0. The van der Waals surface area contributed by atoms with Crippen LogP contribution in [0.1, 0.15) is 0 Å². The van der Waals surface area contributed by atoms with Gasteiger partial charge in [-0.25, -0.2) is 0 Å². The van der Waals surface area contributed by atoms with Crippen molar-refractivity contribution in [2.24, 2.45) is 0 Å². The fourth-order valence-corrected chi connectivity index (χ4v) is 2.42. The van der Waals surface area contributed by atoms with Crippen LogP contribution in [0.3, 0.4) is 0 Å². The van der Waals surface area contributed by atoms with Crippen molar-refractivity contribution in [1.29, 1.82) is 0 Å². The Morgan fingerprint density at radius 3 is 2.52 bits per heavy atom. The van der Waals surface area contributed by atoms with Crippen molar-refractivity contribution < 1.29 is 9.66 Å². The number of benzene rings is 2. The molecule has 2 aromatic carbocycles. The molecule has 0 aliphatic heterocycles. The van der Waals surface area contributed by atoms with Crippen molar-refractivity contribution in [3.8, 4) is 11.8 Å². The van der Waals surface area contributed by atoms with Crippen LogP contribution < -0.4 is 4.74 Å². The van der Waals surface area contributed by atoms with Gasteiger partial charge in [0.1, 0.15) is 18.1 Å². The third-order valence-corrected chi connectivity index (χ3v) is 3.67. The molecule has 7 heteroatoms. The summed E-state index contributed by atoms with van der Waals surface area (Å²) in [6.07, 6.45) is 2.22. The number of nitrogens with zero attached hydrogens (tertiary/aromatic N) is 3. The lowest BCUT2D eigenvalue weighted by atomic mass is 10.1. The van der Waals surface area contributed by atoms with E-state index in [1.54, 1.807) is 6.07 Å². The van der Waals surface area contributed by atoms with Crippen molar-refractivity contribution >= 4 is 32.4 Å². The molecule has 0 saturated heterocycles. The Bertz CT molecular complexity index is 821. The zero-order chi connectivity index (χ0) is 14.8. The highest BCUT2D eigenvalue weighted by Crippen LogP contribution is 2.34. The van der Waals surface area contributed by atoms with Crippen LogP contribution in [0, 0.1) is 10.1 Å². The molecule has 0 fully saturated rings. The van der Waals surface area contributed by atoms with Gasteiger partial charge in [-0.2, -0.15) is 9.97 Å². The molecule has 0 atom stereocenters. The van der Waals surface area contributed by atoms with E-state index < -0.39 is 4.92 Å². The third-order valence-electron chi connectivity index (χ3n) is 2.85. The molecule has 0 N–H and O–H groups in total. The molecule has 0 amide bonds. The standard InChI is InChI=1S/C14H8BrN3O3/c15-13-11-4-2-1-3-9(11)5-6-12(13)21-14-16-7-10(8-17-14)18(19)20/h1-8H. The first kappa shape index (κ1) is 13.4. The number of nitro groups is 1. The van der Waals surface area contributed by atoms with Gasteiger partial charge in [-0.3, -0.25) is 10.1 Å². The molecular formula is C14H8BrN3O3. The Hall–Kier alpha value is -2.54. The van der Waals surface area contributed by atoms with Crippen LogP contribution in [-0.4, -0.2) is 14.9 Å². The summed E-state index contributed by atoms with van der Waals surface area (Å²) < 4.78 is 6.34. The highest BCUT2D eigenvalue weighted by Gasteiger charge is 2.11. The van der Waals surface area contributed by atoms with Crippen LogP contribution in [-0.2, 0) is 0 Å². The van der Waals surface area contributed by atoms with Gasteiger partial charge in [0.25, 0.3) is 0 Å². The number of ether oxygens (including phenoxy) is 1. The number of aromatic nitrogens is 2. The Labute approximate surface area is 127 Å². The van der Waals surface area contributed by atoms with E-state index in [4.69, 9.17) is 4.74 Å². The third kappa shape index (κ3) is 2.68. The van der Waals surface area contributed by atoms with Gasteiger partial charge in [0.2, 0.25) is 0 Å². The molecule has 0 aliphatic rings. The van der Waals surface area contributed by atoms with E-state index in [0.29, 0.717) is 5.75 Å². The van der Waals surface area contributed by atoms with Gasteiger partial charge in [0, 0.05) is 0 Å². The first-order chi connectivity index (χ1) is 10.1. The molecule has 0 saturated carbocycles. The molecule has 3 aromatic rings. The van der Waals surface area contributed by atoms with Crippen molar-refractivity contribution in [2.45, 2.75) is 0 Å². The molecule has 104 valence electrons. The quantitative estimate of drug-likeness (QED) is 0.527. The highest BCUT2D eigenvalue weighted by atomic mass is 79.9. The van der Waals surface area contributed by atoms with Gasteiger partial charge in [0.15, 0.2) is 0 Å². The predicted molar refractivity (Wildman–Crippen MR) is 80.4 cm³/mol. The van der Waals surface area contributed by atoms with Crippen molar-refractivity contribution in [1.82, 2.24) is 9.97 Å². The molecule has 0 unspecified atom stereocenters. The van der Waals surface area contributed by atoms with Gasteiger partial charge in [-0.1, -0.05) is 30.3 Å². The summed E-state index contributed by atoms with van der Waals surface area (Å²) in [4.78, 5) is 17.6. The Kier molecular flexibility index (Phi) is 3.49. The van der Waals surface area contributed by atoms with E-state index in [1.807, 2.05) is 30.3 Å². The normalized spacial score (nSPS) is 10.5. The molecule has 0 spiro atoms. The van der Waals surface area contributed by atoms with Crippen LogP contribution >= 0.6 is 15.9 Å². The van der Waals surface area contributed by atoms with Crippen LogP contribution in [0.2, 0.25) is 0 Å². The second-order valence-corrected chi connectivity index (χ2v) is 4.97. The predicted octanol–water partition coefficient (Wildman–Crippen LogP) is 4.09. The summed E-state index contributed by atoms with van der Waals surface area (Å²) in [6, 6.07) is 11.6. The van der Waals surface area contributed by atoms with E-state index in [0.717, 1.165) is 27.6 Å². The molecule has 6 nitrogen and oxygen atoms in total. The van der Waals surface area contributed by atoms with E-state index in [1.165, 1.54) is 0 Å². The van der Waals surface area contributed by atoms with Crippen LogP contribution in [0.4, 0.5) is 5.69 Å². The topological polar surface area (TPSA) is 78.2 Å². The minimum Gasteiger partial charge on any atom is -0.423 e. The summed E-state index contributed by atoms with van der Waals surface area (Å²) >= 11 is 3.49. The lowest BCUT2D eigenvalue weighted by Gasteiger charge is -2.08. The average molecular weight is 346 g/mol. The lowest BCUT2D eigenvalue weighted by molar-refractivity contribution is -0.385. The van der Waals surface area contributed by atoms with Gasteiger partial charge in [-0.15, -0.1) is 0 Å². The molecule has 0 radical (unpaired) electrons. The van der Waals surface area contributed by atoms with Crippen molar-refractivity contribution in [3.05, 3.63) is 63.4 Å². The number of hydrogen-bond donors (Lipinski definition) is 0. The van der Waals surface area contributed by atoms with E-state index in [-0.39, 0.29) is 11.7 Å². The molecule has 3 rings (SSSR count). The van der Waals surface area contributed by atoms with Crippen molar-refractivity contribution in [2.75, 3.05) is 0 Å². The number of halogens is 1. The molecule has 1 heterocycles. The first-order valence-corrected chi connectivity index (χ1v) is 6.76. The fourth-order valence-electron chi connectivity index (χ4n) is 1.85.